The van der Waals surface area contributed by atoms with Gasteiger partial charge in [-0.25, -0.2) is 4.79 Å². The summed E-state index contributed by atoms with van der Waals surface area (Å²) in [4.78, 5) is 35.4. The van der Waals surface area contributed by atoms with Crippen molar-refractivity contribution >= 4 is 17.7 Å². The standard InChI is InChI=1S/C32H46N4O4/c1-8-34(9-2)26-14-12-25(13-15-26)28-33(6)32(19-22-35(23-20-32)30(38)40-31(3,4)5)29(37)36(28)21-18-24-10-16-27(39-7)17-11-24/h10-17,28H,8-9,18-23H2,1-7H3. The first-order chi connectivity index (χ1) is 19.0. The van der Waals surface area contributed by atoms with Gasteiger partial charge in [0.2, 0.25) is 5.91 Å². The zero-order valence-electron chi connectivity index (χ0n) is 25.3. The van der Waals surface area contributed by atoms with Crippen molar-refractivity contribution in [3.63, 3.8) is 0 Å². The fraction of sp³-hybridized carbons (Fsp3) is 0.562. The molecule has 2 aliphatic rings. The lowest BCUT2D eigenvalue weighted by Gasteiger charge is -2.42. The first kappa shape index (κ1) is 29.7. The number of methoxy groups -OCH3 is 1. The van der Waals surface area contributed by atoms with Crippen LogP contribution in [0.1, 0.15) is 64.8 Å². The minimum Gasteiger partial charge on any atom is -0.497 e. The van der Waals surface area contributed by atoms with Gasteiger partial charge in [-0.15, -0.1) is 0 Å². The summed E-state index contributed by atoms with van der Waals surface area (Å²) in [5.41, 5.74) is 2.25. The lowest BCUT2D eigenvalue weighted by molar-refractivity contribution is -0.135. The minimum absolute atomic E-state index is 0.144. The second-order valence-electron chi connectivity index (χ2n) is 11.8. The van der Waals surface area contributed by atoms with E-state index < -0.39 is 11.1 Å². The fourth-order valence-electron chi connectivity index (χ4n) is 6.04. The lowest BCUT2D eigenvalue weighted by atomic mass is 9.86. The van der Waals surface area contributed by atoms with Gasteiger partial charge in [-0.2, -0.15) is 0 Å². The molecule has 8 heteroatoms. The molecule has 2 amide bonds. The number of likely N-dealkylation sites (tertiary alicyclic amines) is 1. The highest BCUT2D eigenvalue weighted by Crippen LogP contribution is 2.45. The molecule has 218 valence electrons. The number of piperidine rings is 1. The number of nitrogens with zero attached hydrogens (tertiary/aromatic N) is 4. The molecule has 2 aromatic rings. The number of rotatable bonds is 8. The molecule has 0 bridgehead atoms. The first-order valence-electron chi connectivity index (χ1n) is 14.5. The van der Waals surface area contributed by atoms with Crippen molar-refractivity contribution < 1.29 is 19.1 Å². The summed E-state index contributed by atoms with van der Waals surface area (Å²) in [7, 11) is 3.73. The van der Waals surface area contributed by atoms with E-state index in [1.165, 1.54) is 5.69 Å². The topological polar surface area (TPSA) is 65.6 Å². The van der Waals surface area contributed by atoms with Crippen molar-refractivity contribution in [2.24, 2.45) is 0 Å². The third kappa shape index (κ3) is 6.07. The van der Waals surface area contributed by atoms with E-state index in [0.29, 0.717) is 32.5 Å². The average molecular weight is 551 g/mol. The van der Waals surface area contributed by atoms with E-state index in [4.69, 9.17) is 9.47 Å². The largest absolute Gasteiger partial charge is 0.497 e. The molecule has 4 rings (SSSR count). The highest BCUT2D eigenvalue weighted by molar-refractivity contribution is 5.89. The highest BCUT2D eigenvalue weighted by Gasteiger charge is 2.57. The Hall–Kier alpha value is -3.26. The number of hydrogen-bond donors (Lipinski definition) is 0. The number of anilines is 1. The molecule has 0 N–H and O–H groups in total. The number of amides is 2. The Morgan fingerprint density at radius 3 is 2.12 bits per heavy atom. The van der Waals surface area contributed by atoms with Crippen molar-refractivity contribution in [3.8, 4) is 5.75 Å². The molecular weight excluding hydrogens is 504 g/mol. The highest BCUT2D eigenvalue weighted by atomic mass is 16.6. The monoisotopic (exact) mass is 550 g/mol. The van der Waals surface area contributed by atoms with Crippen molar-refractivity contribution in [2.45, 2.75) is 71.2 Å². The van der Waals surface area contributed by atoms with Crippen molar-refractivity contribution in [1.82, 2.24) is 14.7 Å². The predicted octanol–water partition coefficient (Wildman–Crippen LogP) is 5.33. The Bertz CT molecular complexity index is 1150. The normalized spacial score (nSPS) is 19.3. The fourth-order valence-corrected chi connectivity index (χ4v) is 6.04. The van der Waals surface area contributed by atoms with Gasteiger partial charge in [0.25, 0.3) is 0 Å². The third-order valence-corrected chi connectivity index (χ3v) is 8.36. The average Bonchev–Trinajstić information content (AvgIpc) is 3.14. The van der Waals surface area contributed by atoms with Crippen LogP contribution < -0.4 is 9.64 Å². The van der Waals surface area contributed by atoms with Gasteiger partial charge in [0.1, 0.15) is 23.1 Å². The molecule has 0 aliphatic carbocycles. The van der Waals surface area contributed by atoms with E-state index in [-0.39, 0.29) is 18.2 Å². The van der Waals surface area contributed by atoms with Gasteiger partial charge in [-0.1, -0.05) is 24.3 Å². The quantitative estimate of drug-likeness (QED) is 0.443. The van der Waals surface area contributed by atoms with Gasteiger partial charge in [-0.3, -0.25) is 9.69 Å². The Kier molecular flexibility index (Phi) is 8.98. The Balaban J connectivity index is 1.59. The number of hydrogen-bond acceptors (Lipinski definition) is 6. The maximum atomic E-state index is 14.3. The number of carbonyl (C=O) groups excluding carboxylic acids is 2. The van der Waals surface area contributed by atoms with E-state index in [2.05, 4.69) is 67.1 Å². The van der Waals surface area contributed by atoms with Gasteiger partial charge >= 0.3 is 6.09 Å². The lowest BCUT2D eigenvalue weighted by Crippen LogP contribution is -2.56. The molecule has 2 aromatic carbocycles. The summed E-state index contributed by atoms with van der Waals surface area (Å²) in [6.07, 6.45) is 1.42. The molecule has 2 fully saturated rings. The maximum absolute atomic E-state index is 14.3. The zero-order valence-corrected chi connectivity index (χ0v) is 25.3. The van der Waals surface area contributed by atoms with Crippen LogP contribution >= 0.6 is 0 Å². The Morgan fingerprint density at radius 1 is 1.00 bits per heavy atom. The second kappa shape index (κ2) is 12.1. The van der Waals surface area contributed by atoms with Crippen LogP contribution in [0.5, 0.6) is 5.75 Å². The molecule has 2 aliphatic heterocycles. The molecule has 2 heterocycles. The molecule has 1 spiro atoms. The summed E-state index contributed by atoms with van der Waals surface area (Å²) in [5.74, 6) is 0.966. The van der Waals surface area contributed by atoms with Crippen LogP contribution in [-0.2, 0) is 16.0 Å². The van der Waals surface area contributed by atoms with Gasteiger partial charge in [0.05, 0.1) is 7.11 Å². The SMILES string of the molecule is CCN(CC)c1ccc(C2N(CCc3ccc(OC)cc3)C(=O)C3(CCN(C(=O)OC(C)(C)C)CC3)N2C)cc1. The van der Waals surface area contributed by atoms with Crippen molar-refractivity contribution in [1.29, 1.82) is 0 Å². The smallest absolute Gasteiger partial charge is 0.410 e. The van der Waals surface area contributed by atoms with Gasteiger partial charge < -0.3 is 24.2 Å². The third-order valence-electron chi connectivity index (χ3n) is 8.36. The van der Waals surface area contributed by atoms with Crippen LogP contribution in [0.2, 0.25) is 0 Å². The van der Waals surface area contributed by atoms with E-state index in [1.807, 2.05) is 37.8 Å². The molecular formula is C32H46N4O4. The molecule has 0 radical (unpaired) electrons. The predicted molar refractivity (Wildman–Crippen MR) is 159 cm³/mol. The molecule has 8 nitrogen and oxygen atoms in total. The van der Waals surface area contributed by atoms with Gasteiger partial charge in [-0.05, 0) is 96.3 Å². The summed E-state index contributed by atoms with van der Waals surface area (Å²) in [5, 5.41) is 0. The molecule has 1 unspecified atom stereocenters. The first-order valence-corrected chi connectivity index (χ1v) is 14.5. The minimum atomic E-state index is -0.652. The summed E-state index contributed by atoms with van der Waals surface area (Å²) < 4.78 is 10.9. The Labute approximate surface area is 239 Å². The molecule has 40 heavy (non-hydrogen) atoms. The van der Waals surface area contributed by atoms with Gasteiger partial charge in [0.15, 0.2) is 0 Å². The summed E-state index contributed by atoms with van der Waals surface area (Å²) in [6, 6.07) is 16.7. The van der Waals surface area contributed by atoms with Crippen LogP contribution in [0.3, 0.4) is 0 Å². The van der Waals surface area contributed by atoms with Crippen LogP contribution in [0, 0.1) is 0 Å². The van der Waals surface area contributed by atoms with Crippen LogP contribution in [0.4, 0.5) is 10.5 Å². The van der Waals surface area contributed by atoms with Gasteiger partial charge in [0, 0.05) is 38.4 Å². The van der Waals surface area contributed by atoms with Crippen LogP contribution in [0.25, 0.3) is 0 Å². The van der Waals surface area contributed by atoms with Crippen molar-refractivity contribution in [3.05, 3.63) is 59.7 Å². The zero-order chi connectivity index (χ0) is 29.1. The molecule has 0 aromatic heterocycles. The molecule has 0 saturated carbocycles. The van der Waals surface area contributed by atoms with Crippen molar-refractivity contribution in [2.75, 3.05) is 51.8 Å². The van der Waals surface area contributed by atoms with E-state index in [9.17, 15) is 9.59 Å². The van der Waals surface area contributed by atoms with E-state index >= 15 is 0 Å². The van der Waals surface area contributed by atoms with Crippen LogP contribution in [-0.4, -0.2) is 84.7 Å². The maximum Gasteiger partial charge on any atom is 0.410 e. The van der Waals surface area contributed by atoms with E-state index in [0.717, 1.165) is 36.4 Å². The Morgan fingerprint density at radius 2 is 1.60 bits per heavy atom. The number of carbonyl (C=O) groups is 2. The van der Waals surface area contributed by atoms with Crippen LogP contribution in [0.15, 0.2) is 48.5 Å². The number of ether oxygens (including phenoxy) is 2. The second-order valence-corrected chi connectivity index (χ2v) is 11.8. The molecule has 2 saturated heterocycles. The molecule has 1 atom stereocenters. The number of likely N-dealkylation sites (N-methyl/N-ethyl adjacent to an activating group) is 1. The summed E-state index contributed by atoms with van der Waals surface area (Å²) >= 11 is 0. The number of benzene rings is 2. The van der Waals surface area contributed by atoms with E-state index in [1.54, 1.807) is 12.0 Å². The summed E-state index contributed by atoms with van der Waals surface area (Å²) in [6.45, 7) is 13.4.